The van der Waals surface area contributed by atoms with Crippen molar-refractivity contribution in [1.29, 1.82) is 0 Å². The van der Waals surface area contributed by atoms with Gasteiger partial charge in [-0.25, -0.2) is 4.79 Å². The van der Waals surface area contributed by atoms with Crippen molar-refractivity contribution in [3.63, 3.8) is 0 Å². The fourth-order valence-corrected chi connectivity index (χ4v) is 4.94. The first-order valence-electron chi connectivity index (χ1n) is 12.0. The van der Waals surface area contributed by atoms with Gasteiger partial charge in [0.2, 0.25) is 18.3 Å². The van der Waals surface area contributed by atoms with Crippen LogP contribution in [0.5, 0.6) is 34.5 Å². The van der Waals surface area contributed by atoms with Gasteiger partial charge in [-0.3, -0.25) is 0 Å². The molecule has 3 atom stereocenters. The first-order chi connectivity index (χ1) is 17.6. The van der Waals surface area contributed by atoms with Crippen molar-refractivity contribution in [3.8, 4) is 45.6 Å². The topological polar surface area (TPSA) is 102 Å². The zero-order chi connectivity index (χ0) is 27.1. The summed E-state index contributed by atoms with van der Waals surface area (Å²) in [7, 11) is 6.15. The number of benzene rings is 2. The quantitative estimate of drug-likeness (QED) is 0.437. The second-order valence-corrected chi connectivity index (χ2v) is 9.38. The lowest BCUT2D eigenvalue weighted by Gasteiger charge is -2.41. The van der Waals surface area contributed by atoms with Crippen LogP contribution in [-0.4, -0.2) is 51.9 Å². The van der Waals surface area contributed by atoms with Gasteiger partial charge in [-0.2, -0.15) is 0 Å². The molecule has 0 saturated carbocycles. The minimum Gasteiger partial charge on any atom is -0.493 e. The zero-order valence-corrected chi connectivity index (χ0v) is 22.5. The number of fused-ring (bicyclic) bond motifs is 4. The van der Waals surface area contributed by atoms with Crippen molar-refractivity contribution in [2.75, 3.05) is 35.2 Å². The van der Waals surface area contributed by atoms with E-state index >= 15 is 0 Å². The molecule has 1 heterocycles. The predicted molar refractivity (Wildman–Crippen MR) is 136 cm³/mol. The van der Waals surface area contributed by atoms with Crippen LogP contribution < -0.4 is 28.4 Å². The van der Waals surface area contributed by atoms with Gasteiger partial charge in [-0.15, -0.1) is 0 Å². The van der Waals surface area contributed by atoms with Crippen molar-refractivity contribution in [3.05, 3.63) is 34.9 Å². The second kappa shape index (κ2) is 10.0. The summed E-state index contributed by atoms with van der Waals surface area (Å²) in [6.07, 6.45) is 1.00. The molecule has 0 fully saturated rings. The summed E-state index contributed by atoms with van der Waals surface area (Å²) in [5, 5.41) is 12.0. The highest BCUT2D eigenvalue weighted by Gasteiger charge is 2.47. The van der Waals surface area contributed by atoms with Crippen molar-refractivity contribution < 1.29 is 43.1 Å². The van der Waals surface area contributed by atoms with E-state index in [9.17, 15) is 9.90 Å². The monoisotopic (exact) mass is 514 g/mol. The highest BCUT2D eigenvalue weighted by Crippen LogP contribution is 2.59. The van der Waals surface area contributed by atoms with Crippen LogP contribution >= 0.6 is 0 Å². The maximum Gasteiger partial charge on any atom is 0.334 e. The number of carbonyl (C=O) groups is 1. The molecule has 4 rings (SSSR count). The summed E-state index contributed by atoms with van der Waals surface area (Å²) in [5.41, 5.74) is 1.47. The molecule has 1 N–H and O–H groups in total. The number of aliphatic hydroxyl groups is 1. The number of rotatable bonds is 6. The molecule has 9 nitrogen and oxygen atoms in total. The van der Waals surface area contributed by atoms with Crippen LogP contribution in [0.2, 0.25) is 0 Å². The zero-order valence-electron chi connectivity index (χ0n) is 22.5. The third-order valence-electron chi connectivity index (χ3n) is 7.33. The van der Waals surface area contributed by atoms with Gasteiger partial charge < -0.3 is 38.3 Å². The SMILES string of the molecule is CC=C(C)C(=O)OC1c2cc3c(c(OC)c2-c2c(cc(OC)c(OC)c2OC)C[C@H](C)[C@@]1(C)O)OCO3. The smallest absolute Gasteiger partial charge is 0.334 e. The Labute approximate surface area is 216 Å². The van der Waals surface area contributed by atoms with E-state index in [1.807, 2.05) is 13.0 Å². The van der Waals surface area contributed by atoms with E-state index in [4.69, 9.17) is 33.2 Å². The summed E-state index contributed by atoms with van der Waals surface area (Å²) >= 11 is 0. The molecule has 0 aromatic heterocycles. The second-order valence-electron chi connectivity index (χ2n) is 9.38. The predicted octanol–water partition coefficient (Wildman–Crippen LogP) is 4.61. The molecule has 2 aromatic rings. The van der Waals surface area contributed by atoms with Gasteiger partial charge in [0.1, 0.15) is 5.60 Å². The van der Waals surface area contributed by atoms with Gasteiger partial charge in [0.15, 0.2) is 29.1 Å². The number of hydrogen-bond donors (Lipinski definition) is 1. The largest absolute Gasteiger partial charge is 0.493 e. The summed E-state index contributed by atoms with van der Waals surface area (Å²) < 4.78 is 40.6. The van der Waals surface area contributed by atoms with Gasteiger partial charge in [0, 0.05) is 22.3 Å². The average Bonchev–Trinajstić information content (AvgIpc) is 3.36. The molecule has 0 amide bonds. The number of hydrogen-bond acceptors (Lipinski definition) is 9. The Morgan fingerprint density at radius 3 is 2.30 bits per heavy atom. The minimum absolute atomic E-state index is 0.000553. The van der Waals surface area contributed by atoms with Crippen LogP contribution in [0, 0.1) is 5.92 Å². The Morgan fingerprint density at radius 1 is 1.03 bits per heavy atom. The van der Waals surface area contributed by atoms with Gasteiger partial charge in [0.05, 0.1) is 28.4 Å². The maximum atomic E-state index is 13.0. The Bertz CT molecular complexity index is 1250. The number of allylic oxidation sites excluding steroid dienone is 1. The summed E-state index contributed by atoms with van der Waals surface area (Å²) in [5.74, 6) is 1.59. The first kappa shape index (κ1) is 26.5. The Morgan fingerprint density at radius 2 is 1.70 bits per heavy atom. The van der Waals surface area contributed by atoms with Crippen LogP contribution in [0.1, 0.15) is 44.9 Å². The highest BCUT2D eigenvalue weighted by atomic mass is 16.7. The molecule has 1 aliphatic heterocycles. The molecule has 1 unspecified atom stereocenters. The van der Waals surface area contributed by atoms with Crippen molar-refractivity contribution >= 4 is 5.97 Å². The average molecular weight is 515 g/mol. The highest BCUT2D eigenvalue weighted by molar-refractivity contribution is 5.91. The Kier molecular flexibility index (Phi) is 7.19. The van der Waals surface area contributed by atoms with Crippen molar-refractivity contribution in [1.82, 2.24) is 0 Å². The van der Waals surface area contributed by atoms with Gasteiger partial charge in [0.25, 0.3) is 0 Å². The molecule has 0 saturated heterocycles. The van der Waals surface area contributed by atoms with Crippen molar-refractivity contribution in [2.45, 2.75) is 45.8 Å². The molecular weight excluding hydrogens is 480 g/mol. The normalized spacial score (nSPS) is 22.2. The van der Waals surface area contributed by atoms with E-state index in [1.165, 1.54) is 14.2 Å². The van der Waals surface area contributed by atoms with E-state index in [0.29, 0.717) is 63.2 Å². The lowest BCUT2D eigenvalue weighted by atomic mass is 9.73. The molecule has 0 radical (unpaired) electrons. The summed E-state index contributed by atoms with van der Waals surface area (Å²) in [6.45, 7) is 7.00. The molecular formula is C28H34O9. The third kappa shape index (κ3) is 4.21. The summed E-state index contributed by atoms with van der Waals surface area (Å²) in [4.78, 5) is 13.0. The van der Waals surface area contributed by atoms with E-state index in [-0.39, 0.29) is 12.7 Å². The van der Waals surface area contributed by atoms with Crippen LogP contribution in [0.3, 0.4) is 0 Å². The molecule has 1 aliphatic carbocycles. The van der Waals surface area contributed by atoms with E-state index in [2.05, 4.69) is 0 Å². The van der Waals surface area contributed by atoms with Crippen LogP contribution in [0.4, 0.5) is 0 Å². The van der Waals surface area contributed by atoms with Gasteiger partial charge in [-0.05, 0) is 50.8 Å². The number of ether oxygens (including phenoxy) is 7. The van der Waals surface area contributed by atoms with Gasteiger partial charge in [-0.1, -0.05) is 13.0 Å². The van der Waals surface area contributed by atoms with Crippen LogP contribution in [0.15, 0.2) is 23.8 Å². The number of esters is 1. The molecule has 200 valence electrons. The Hall–Kier alpha value is -3.59. The van der Waals surface area contributed by atoms with Crippen LogP contribution in [0.25, 0.3) is 11.1 Å². The molecule has 37 heavy (non-hydrogen) atoms. The van der Waals surface area contributed by atoms with E-state index < -0.39 is 17.7 Å². The van der Waals surface area contributed by atoms with Crippen molar-refractivity contribution in [2.24, 2.45) is 5.92 Å². The Balaban J connectivity index is 2.16. The lowest BCUT2D eigenvalue weighted by molar-refractivity contribution is -0.166. The standard InChI is InChI=1S/C28H34O9/c1-9-14(2)27(29)37-26-17-12-19-23(36-13-35-19)25(34-8)21(17)20-16(10-15(3)28(26,4)30)11-18(31-5)22(32-6)24(20)33-7/h9,11-12,15,26,30H,10,13H2,1-8H3/t15-,26?,28+/m0/s1. The molecule has 2 aliphatic rings. The number of methoxy groups -OCH3 is 4. The van der Waals surface area contributed by atoms with Gasteiger partial charge >= 0.3 is 5.97 Å². The number of carbonyl (C=O) groups excluding carboxylic acids is 1. The summed E-state index contributed by atoms with van der Waals surface area (Å²) in [6, 6.07) is 3.60. The fraction of sp³-hybridized carbons (Fsp3) is 0.464. The first-order valence-corrected chi connectivity index (χ1v) is 12.0. The van der Waals surface area contributed by atoms with E-state index in [1.54, 1.807) is 47.1 Å². The molecule has 9 heteroatoms. The fourth-order valence-electron chi connectivity index (χ4n) is 4.94. The molecule has 0 bridgehead atoms. The third-order valence-corrected chi connectivity index (χ3v) is 7.33. The lowest BCUT2D eigenvalue weighted by Crippen LogP contribution is -2.44. The van der Waals surface area contributed by atoms with Crippen LogP contribution in [-0.2, 0) is 16.0 Å². The molecule has 0 spiro atoms. The van der Waals surface area contributed by atoms with E-state index in [0.717, 1.165) is 5.56 Å². The minimum atomic E-state index is -1.48. The molecule has 2 aromatic carbocycles. The maximum absolute atomic E-state index is 13.0.